The van der Waals surface area contributed by atoms with Crippen LogP contribution < -0.4 is 16.3 Å². The van der Waals surface area contributed by atoms with E-state index in [-0.39, 0.29) is 24.1 Å². The summed E-state index contributed by atoms with van der Waals surface area (Å²) in [6.07, 6.45) is 0.225. The van der Waals surface area contributed by atoms with Crippen molar-refractivity contribution in [1.29, 1.82) is 0 Å². The van der Waals surface area contributed by atoms with Gasteiger partial charge in [0, 0.05) is 36.9 Å². The summed E-state index contributed by atoms with van der Waals surface area (Å²) in [7, 11) is 0. The molecule has 0 aliphatic carbocycles. The number of aromatic nitrogens is 2. The quantitative estimate of drug-likeness (QED) is 0.414. The van der Waals surface area contributed by atoms with E-state index < -0.39 is 0 Å². The van der Waals surface area contributed by atoms with Gasteiger partial charge >= 0.3 is 5.69 Å². The molecule has 6 heteroatoms. The maximum Gasteiger partial charge on any atom is 0.329 e. The molecule has 0 spiro atoms. The molecule has 4 aromatic rings. The van der Waals surface area contributed by atoms with Crippen LogP contribution in [0.15, 0.2) is 83.7 Å². The fraction of sp³-hybridized carbons (Fsp3) is 0.231. The van der Waals surface area contributed by atoms with E-state index in [1.165, 1.54) is 5.56 Å². The second kappa shape index (κ2) is 9.56. The molecule has 1 heterocycles. The molecule has 0 aliphatic rings. The van der Waals surface area contributed by atoms with Gasteiger partial charge in [-0.2, -0.15) is 0 Å². The fourth-order valence-corrected chi connectivity index (χ4v) is 3.96. The van der Waals surface area contributed by atoms with Crippen LogP contribution in [-0.2, 0) is 17.9 Å². The molecule has 0 saturated carbocycles. The van der Waals surface area contributed by atoms with Gasteiger partial charge in [-0.3, -0.25) is 13.9 Å². The molecule has 0 radical (unpaired) electrons. The number of carbonyl (C=O) groups excluding carboxylic acids is 1. The van der Waals surface area contributed by atoms with Gasteiger partial charge in [0.15, 0.2) is 0 Å². The number of carbonyl (C=O) groups is 1. The monoisotopic (exact) mass is 428 g/mol. The van der Waals surface area contributed by atoms with E-state index in [2.05, 4.69) is 29.7 Å². The minimum atomic E-state index is -0.122. The van der Waals surface area contributed by atoms with Gasteiger partial charge in [0.2, 0.25) is 5.91 Å². The van der Waals surface area contributed by atoms with Gasteiger partial charge in [-0.15, -0.1) is 0 Å². The van der Waals surface area contributed by atoms with Crippen molar-refractivity contribution in [2.45, 2.75) is 39.4 Å². The summed E-state index contributed by atoms with van der Waals surface area (Å²) < 4.78 is 3.41. The van der Waals surface area contributed by atoms with Crippen molar-refractivity contribution in [1.82, 2.24) is 9.13 Å². The Morgan fingerprint density at radius 3 is 2.09 bits per heavy atom. The van der Waals surface area contributed by atoms with Crippen LogP contribution in [0.5, 0.6) is 0 Å². The molecule has 0 bridgehead atoms. The number of nitrogens with zero attached hydrogens (tertiary/aromatic N) is 2. The van der Waals surface area contributed by atoms with Crippen molar-refractivity contribution in [3.05, 3.63) is 94.9 Å². The van der Waals surface area contributed by atoms with Crippen molar-refractivity contribution in [2.75, 3.05) is 10.6 Å². The van der Waals surface area contributed by atoms with E-state index in [0.29, 0.717) is 13.1 Å². The summed E-state index contributed by atoms with van der Waals surface area (Å²) in [6, 6.07) is 25.8. The minimum Gasteiger partial charge on any atom is -0.379 e. The molecule has 0 saturated heterocycles. The van der Waals surface area contributed by atoms with E-state index in [1.54, 1.807) is 9.13 Å². The first-order valence-electron chi connectivity index (χ1n) is 11.0. The Labute approximate surface area is 187 Å². The maximum atomic E-state index is 12.7. The average Bonchev–Trinajstić information content (AvgIpc) is 3.10. The smallest absolute Gasteiger partial charge is 0.329 e. The highest BCUT2D eigenvalue weighted by Crippen LogP contribution is 2.21. The molecule has 1 unspecified atom stereocenters. The third-order valence-corrected chi connectivity index (χ3v) is 5.66. The number of anilines is 2. The Balaban J connectivity index is 1.36. The summed E-state index contributed by atoms with van der Waals surface area (Å²) in [5, 5.41) is 6.39. The number of hydrogen-bond acceptors (Lipinski definition) is 3. The number of benzene rings is 3. The predicted octanol–water partition coefficient (Wildman–Crippen LogP) is 5.02. The van der Waals surface area contributed by atoms with Crippen molar-refractivity contribution < 1.29 is 4.79 Å². The highest BCUT2D eigenvalue weighted by molar-refractivity contribution is 5.91. The van der Waals surface area contributed by atoms with Crippen molar-refractivity contribution >= 4 is 28.3 Å². The molecule has 2 N–H and O–H groups in total. The molecule has 0 aliphatic heterocycles. The number of hydrogen-bond donors (Lipinski definition) is 2. The molecular weight excluding hydrogens is 400 g/mol. The fourth-order valence-electron chi connectivity index (χ4n) is 3.96. The zero-order valence-corrected chi connectivity index (χ0v) is 18.4. The van der Waals surface area contributed by atoms with Crippen molar-refractivity contribution in [2.24, 2.45) is 0 Å². The molecular formula is C26H28N4O2. The van der Waals surface area contributed by atoms with E-state index in [1.807, 2.05) is 73.7 Å². The zero-order chi connectivity index (χ0) is 22.5. The summed E-state index contributed by atoms with van der Waals surface area (Å²) in [5.74, 6) is -0.122. The van der Waals surface area contributed by atoms with Gasteiger partial charge in [0.25, 0.3) is 0 Å². The van der Waals surface area contributed by atoms with Gasteiger partial charge in [0.05, 0.1) is 11.0 Å². The van der Waals surface area contributed by atoms with Gasteiger partial charge in [0.1, 0.15) is 0 Å². The number of imidazole rings is 1. The Morgan fingerprint density at radius 2 is 1.44 bits per heavy atom. The molecule has 32 heavy (non-hydrogen) atoms. The molecule has 0 fully saturated rings. The average molecular weight is 429 g/mol. The highest BCUT2D eigenvalue weighted by atomic mass is 16.2. The van der Waals surface area contributed by atoms with Crippen LogP contribution in [0.3, 0.4) is 0 Å². The third-order valence-electron chi connectivity index (χ3n) is 5.66. The summed E-state index contributed by atoms with van der Waals surface area (Å²) in [5.41, 5.74) is 4.60. The molecule has 3 aromatic carbocycles. The number of para-hydroxylation sites is 2. The van der Waals surface area contributed by atoms with E-state index in [4.69, 9.17) is 0 Å². The van der Waals surface area contributed by atoms with Gasteiger partial charge in [-0.25, -0.2) is 4.79 Å². The van der Waals surface area contributed by atoms with E-state index >= 15 is 0 Å². The number of fused-ring (bicyclic) bond motifs is 1. The lowest BCUT2D eigenvalue weighted by atomic mass is 10.1. The maximum absolute atomic E-state index is 12.7. The minimum absolute atomic E-state index is 0.0792. The number of aryl methyl sites for hydroxylation is 2. The van der Waals surface area contributed by atoms with E-state index in [0.717, 1.165) is 22.4 Å². The first kappa shape index (κ1) is 21.4. The molecule has 1 amide bonds. The van der Waals surface area contributed by atoms with Gasteiger partial charge in [-0.05, 0) is 55.8 Å². The molecule has 1 aromatic heterocycles. The normalized spacial score (nSPS) is 11.9. The van der Waals surface area contributed by atoms with Crippen LogP contribution in [0.4, 0.5) is 11.4 Å². The largest absolute Gasteiger partial charge is 0.379 e. The molecule has 1 atom stereocenters. The van der Waals surface area contributed by atoms with Crippen LogP contribution in [0, 0.1) is 0 Å². The Hall–Kier alpha value is -3.80. The summed E-state index contributed by atoms with van der Waals surface area (Å²) in [6.45, 7) is 5.00. The topological polar surface area (TPSA) is 68.1 Å². The van der Waals surface area contributed by atoms with Gasteiger partial charge in [-0.1, -0.05) is 42.5 Å². The van der Waals surface area contributed by atoms with Crippen LogP contribution in [0.1, 0.15) is 31.9 Å². The summed E-state index contributed by atoms with van der Waals surface area (Å²) >= 11 is 0. The first-order valence-corrected chi connectivity index (χ1v) is 11.0. The second-order valence-electron chi connectivity index (χ2n) is 7.82. The van der Waals surface area contributed by atoms with Crippen molar-refractivity contribution in [3.8, 4) is 0 Å². The number of nitrogens with one attached hydrogen (secondary N) is 2. The predicted molar refractivity (Wildman–Crippen MR) is 130 cm³/mol. The standard InChI is InChI=1S/C26H28N4O2/c1-3-29-23-11-7-8-12-24(23)30(26(29)32)18-17-25(31)28-22-15-13-21(14-16-22)27-19(2)20-9-5-4-6-10-20/h4-16,19,27H,3,17-18H2,1-2H3,(H,28,31). The molecule has 164 valence electrons. The summed E-state index contributed by atoms with van der Waals surface area (Å²) in [4.78, 5) is 25.2. The third kappa shape index (κ3) is 4.59. The SMILES string of the molecule is CCn1c(=O)n(CCC(=O)Nc2ccc(NC(C)c3ccccc3)cc2)c2ccccc21. The van der Waals surface area contributed by atoms with Crippen LogP contribution >= 0.6 is 0 Å². The van der Waals surface area contributed by atoms with Crippen molar-refractivity contribution in [3.63, 3.8) is 0 Å². The molecule has 4 rings (SSSR count). The zero-order valence-electron chi connectivity index (χ0n) is 18.4. The highest BCUT2D eigenvalue weighted by Gasteiger charge is 2.13. The number of amides is 1. The Morgan fingerprint density at radius 1 is 0.844 bits per heavy atom. The Bertz CT molecular complexity index is 1260. The van der Waals surface area contributed by atoms with E-state index in [9.17, 15) is 9.59 Å². The lowest BCUT2D eigenvalue weighted by Crippen LogP contribution is -2.25. The second-order valence-corrected chi connectivity index (χ2v) is 7.82. The van der Waals surface area contributed by atoms with Crippen LogP contribution in [-0.4, -0.2) is 15.0 Å². The molecule has 6 nitrogen and oxygen atoms in total. The lowest BCUT2D eigenvalue weighted by Gasteiger charge is -2.16. The first-order chi connectivity index (χ1) is 15.6. The van der Waals surface area contributed by atoms with Crippen LogP contribution in [0.25, 0.3) is 11.0 Å². The van der Waals surface area contributed by atoms with Gasteiger partial charge < -0.3 is 10.6 Å². The number of rotatable bonds is 8. The van der Waals surface area contributed by atoms with Crippen LogP contribution in [0.2, 0.25) is 0 Å². The lowest BCUT2D eigenvalue weighted by molar-refractivity contribution is -0.116. The Kier molecular flexibility index (Phi) is 6.40.